The largest absolute Gasteiger partial charge is 0.368 e. The van der Waals surface area contributed by atoms with Crippen molar-refractivity contribution in [2.24, 2.45) is 15.7 Å². The Morgan fingerprint density at radius 2 is 2.23 bits per heavy atom. The van der Waals surface area contributed by atoms with E-state index in [1.54, 1.807) is 0 Å². The van der Waals surface area contributed by atoms with Gasteiger partial charge in [-0.1, -0.05) is 13.8 Å². The van der Waals surface area contributed by atoms with Crippen LogP contribution in [0.15, 0.2) is 9.98 Å². The average Bonchev–Trinajstić information content (AvgIpc) is 2.22. The van der Waals surface area contributed by atoms with Crippen LogP contribution in [0.25, 0.3) is 0 Å². The highest BCUT2D eigenvalue weighted by atomic mass is 15.1. The minimum absolute atomic E-state index is 0.300. The van der Waals surface area contributed by atoms with Gasteiger partial charge in [0.05, 0.1) is 6.04 Å². The van der Waals surface area contributed by atoms with Gasteiger partial charge < -0.3 is 11.1 Å². The molecule has 1 fully saturated rings. The number of guanidine groups is 1. The molecule has 1 aliphatic heterocycles. The Balaban J connectivity index is 0.000000671. The molecule has 1 unspecified atom stereocenters. The van der Waals surface area contributed by atoms with Gasteiger partial charge in [0, 0.05) is 6.54 Å². The van der Waals surface area contributed by atoms with Gasteiger partial charge >= 0.3 is 0 Å². The van der Waals surface area contributed by atoms with Gasteiger partial charge in [-0.2, -0.15) is 0 Å². The van der Waals surface area contributed by atoms with Crippen molar-refractivity contribution in [2.75, 3.05) is 13.1 Å². The third-order valence-electron chi connectivity index (χ3n) is 1.75. The summed E-state index contributed by atoms with van der Waals surface area (Å²) in [5, 5.41) is 3.24. The highest BCUT2D eigenvalue weighted by Crippen LogP contribution is 2.04. The number of nitrogens with zero attached hydrogens (tertiary/aromatic N) is 2. The molecule has 1 heterocycles. The Labute approximate surface area is 80.3 Å². The van der Waals surface area contributed by atoms with Gasteiger partial charge in [-0.15, -0.1) is 0 Å². The minimum atomic E-state index is 0.300. The van der Waals surface area contributed by atoms with E-state index in [1.165, 1.54) is 6.42 Å². The second-order valence-electron chi connectivity index (χ2n) is 2.65. The molecule has 4 heteroatoms. The standard InChI is InChI=1S/C7H14N4.C2H6/c1-9-7(8)11-6-3-2-4-10-5-6;1-2/h6,10H,1-5H2,(H2,8,11);1-2H3. The SMILES string of the molecule is C=NC(N)=NC1CCCNC1.CC. The highest BCUT2D eigenvalue weighted by Gasteiger charge is 2.10. The molecule has 0 bridgehead atoms. The Bertz CT molecular complexity index is 159. The maximum atomic E-state index is 5.40. The Morgan fingerprint density at radius 3 is 2.69 bits per heavy atom. The van der Waals surface area contributed by atoms with Crippen LogP contribution in [0, 0.1) is 0 Å². The quantitative estimate of drug-likeness (QED) is 0.467. The number of aliphatic imine (C=N–C) groups is 2. The summed E-state index contributed by atoms with van der Waals surface area (Å²) in [5.41, 5.74) is 5.40. The van der Waals surface area contributed by atoms with Crippen LogP contribution in [0.2, 0.25) is 0 Å². The Kier molecular flexibility index (Phi) is 7.20. The smallest absolute Gasteiger partial charge is 0.214 e. The molecule has 3 N–H and O–H groups in total. The topological polar surface area (TPSA) is 62.8 Å². The number of piperidine rings is 1. The van der Waals surface area contributed by atoms with Crippen molar-refractivity contribution in [1.29, 1.82) is 0 Å². The molecule has 0 aromatic heterocycles. The predicted molar refractivity (Wildman–Crippen MR) is 58.4 cm³/mol. The fraction of sp³-hybridized carbons (Fsp3) is 0.778. The maximum Gasteiger partial charge on any atom is 0.214 e. The van der Waals surface area contributed by atoms with E-state index in [2.05, 4.69) is 22.0 Å². The van der Waals surface area contributed by atoms with E-state index in [1.807, 2.05) is 13.8 Å². The van der Waals surface area contributed by atoms with E-state index in [0.717, 1.165) is 19.5 Å². The molecular weight excluding hydrogens is 164 g/mol. The molecule has 0 radical (unpaired) electrons. The number of hydrogen-bond acceptors (Lipinski definition) is 2. The second kappa shape index (κ2) is 7.73. The van der Waals surface area contributed by atoms with E-state index < -0.39 is 0 Å². The summed E-state index contributed by atoms with van der Waals surface area (Å²) < 4.78 is 0. The molecule has 1 rings (SSSR count). The molecule has 0 aromatic rings. The van der Waals surface area contributed by atoms with Gasteiger partial charge in [-0.3, -0.25) is 0 Å². The normalized spacial score (nSPS) is 22.9. The van der Waals surface area contributed by atoms with Crippen molar-refractivity contribution in [2.45, 2.75) is 32.7 Å². The van der Waals surface area contributed by atoms with Gasteiger partial charge in [0.15, 0.2) is 0 Å². The molecule has 76 valence electrons. The van der Waals surface area contributed by atoms with Gasteiger partial charge in [0.2, 0.25) is 5.96 Å². The second-order valence-corrected chi connectivity index (χ2v) is 2.65. The summed E-state index contributed by atoms with van der Waals surface area (Å²) in [6.45, 7) is 9.30. The summed E-state index contributed by atoms with van der Waals surface area (Å²) in [6, 6.07) is 0.300. The number of nitrogens with two attached hydrogens (primary N) is 1. The van der Waals surface area contributed by atoms with Crippen molar-refractivity contribution in [3.8, 4) is 0 Å². The third kappa shape index (κ3) is 5.36. The summed E-state index contributed by atoms with van der Waals surface area (Å²) in [6.07, 6.45) is 2.27. The first kappa shape index (κ1) is 12.1. The number of nitrogens with one attached hydrogen (secondary N) is 1. The van der Waals surface area contributed by atoms with E-state index in [9.17, 15) is 0 Å². The van der Waals surface area contributed by atoms with Crippen molar-refractivity contribution >= 4 is 12.7 Å². The van der Waals surface area contributed by atoms with Crippen LogP contribution in [0.1, 0.15) is 26.7 Å². The van der Waals surface area contributed by atoms with Crippen LogP contribution in [0.4, 0.5) is 0 Å². The fourth-order valence-corrected chi connectivity index (χ4v) is 1.17. The lowest BCUT2D eigenvalue weighted by Gasteiger charge is -2.18. The van der Waals surface area contributed by atoms with E-state index in [-0.39, 0.29) is 0 Å². The van der Waals surface area contributed by atoms with Gasteiger partial charge in [0.25, 0.3) is 0 Å². The number of hydrogen-bond donors (Lipinski definition) is 2. The maximum absolute atomic E-state index is 5.40. The van der Waals surface area contributed by atoms with Crippen molar-refractivity contribution < 1.29 is 0 Å². The predicted octanol–water partition coefficient (Wildman–Crippen LogP) is 0.780. The zero-order chi connectivity index (χ0) is 10.1. The molecule has 0 aromatic carbocycles. The molecule has 13 heavy (non-hydrogen) atoms. The van der Waals surface area contributed by atoms with Crippen LogP contribution < -0.4 is 11.1 Å². The summed E-state index contributed by atoms with van der Waals surface area (Å²) >= 11 is 0. The lowest BCUT2D eigenvalue weighted by Crippen LogP contribution is -2.33. The first-order valence-electron chi connectivity index (χ1n) is 4.83. The molecule has 0 spiro atoms. The monoisotopic (exact) mass is 184 g/mol. The molecule has 0 saturated carbocycles. The van der Waals surface area contributed by atoms with Gasteiger partial charge in [-0.25, -0.2) is 9.98 Å². The minimum Gasteiger partial charge on any atom is -0.368 e. The van der Waals surface area contributed by atoms with Crippen molar-refractivity contribution in [3.05, 3.63) is 0 Å². The van der Waals surface area contributed by atoms with E-state index in [4.69, 9.17) is 5.73 Å². The van der Waals surface area contributed by atoms with Crippen molar-refractivity contribution in [3.63, 3.8) is 0 Å². The molecule has 0 aliphatic carbocycles. The number of rotatable bonds is 1. The highest BCUT2D eigenvalue weighted by molar-refractivity contribution is 5.82. The molecule has 0 amide bonds. The molecule has 1 atom stereocenters. The Hall–Kier alpha value is -0.900. The average molecular weight is 184 g/mol. The first-order chi connectivity index (χ1) is 6.33. The van der Waals surface area contributed by atoms with Gasteiger partial charge in [-0.05, 0) is 26.1 Å². The van der Waals surface area contributed by atoms with Crippen LogP contribution >= 0.6 is 0 Å². The Morgan fingerprint density at radius 1 is 1.54 bits per heavy atom. The lowest BCUT2D eigenvalue weighted by molar-refractivity contribution is 0.460. The van der Waals surface area contributed by atoms with Crippen LogP contribution in [0.3, 0.4) is 0 Å². The molecule has 1 aliphatic rings. The summed E-state index contributed by atoms with van der Waals surface area (Å²) in [7, 11) is 0. The first-order valence-corrected chi connectivity index (χ1v) is 4.83. The lowest BCUT2D eigenvalue weighted by atomic mass is 10.1. The van der Waals surface area contributed by atoms with Crippen LogP contribution in [-0.2, 0) is 0 Å². The molecule has 1 saturated heterocycles. The molecule has 4 nitrogen and oxygen atoms in total. The summed E-state index contributed by atoms with van der Waals surface area (Å²) in [5.74, 6) is 0.304. The van der Waals surface area contributed by atoms with E-state index >= 15 is 0 Å². The third-order valence-corrected chi connectivity index (χ3v) is 1.75. The fourth-order valence-electron chi connectivity index (χ4n) is 1.17. The van der Waals surface area contributed by atoms with Crippen molar-refractivity contribution in [1.82, 2.24) is 5.32 Å². The zero-order valence-corrected chi connectivity index (χ0v) is 8.58. The molecular formula is C9H20N4. The van der Waals surface area contributed by atoms with Gasteiger partial charge in [0.1, 0.15) is 0 Å². The van der Waals surface area contributed by atoms with Crippen LogP contribution in [0.5, 0.6) is 0 Å². The zero-order valence-electron chi connectivity index (χ0n) is 8.58. The summed E-state index contributed by atoms with van der Waals surface area (Å²) in [4.78, 5) is 7.69. The van der Waals surface area contributed by atoms with E-state index in [0.29, 0.717) is 12.0 Å². The van der Waals surface area contributed by atoms with Crippen LogP contribution in [-0.4, -0.2) is 31.8 Å².